The quantitative estimate of drug-likeness (QED) is 0.939. The minimum atomic E-state index is -0.0987. The lowest BCUT2D eigenvalue weighted by Crippen LogP contribution is -2.35. The Kier molecular flexibility index (Phi) is 3.75. The van der Waals surface area contributed by atoms with E-state index in [2.05, 4.69) is 27.8 Å². The first-order valence-corrected chi connectivity index (χ1v) is 7.96. The van der Waals surface area contributed by atoms with Crippen LogP contribution in [0.4, 0.5) is 0 Å². The van der Waals surface area contributed by atoms with E-state index in [0.29, 0.717) is 0 Å². The second-order valence-corrected chi connectivity index (χ2v) is 6.43. The van der Waals surface area contributed by atoms with Gasteiger partial charge in [0.15, 0.2) is 0 Å². The van der Waals surface area contributed by atoms with E-state index in [-0.39, 0.29) is 6.10 Å². The van der Waals surface area contributed by atoms with Crippen LogP contribution in [0.25, 0.3) is 9.88 Å². The summed E-state index contributed by atoms with van der Waals surface area (Å²) in [5, 5.41) is 14.8. The van der Waals surface area contributed by atoms with Crippen LogP contribution in [-0.4, -0.2) is 34.2 Å². The summed E-state index contributed by atoms with van der Waals surface area (Å²) < 4.78 is 0. The number of hydrogen-bond acceptors (Lipinski definition) is 5. The average molecular weight is 280 g/mol. The van der Waals surface area contributed by atoms with Gasteiger partial charge in [-0.1, -0.05) is 6.07 Å². The number of aliphatic hydroxyl groups is 1. The van der Waals surface area contributed by atoms with Crippen molar-refractivity contribution in [1.29, 1.82) is 0 Å². The molecule has 0 radical (unpaired) electrons. The predicted molar refractivity (Wildman–Crippen MR) is 75.9 cm³/mol. The highest BCUT2D eigenvalue weighted by atomic mass is 32.1. The highest BCUT2D eigenvalue weighted by Gasteiger charge is 2.18. The summed E-state index contributed by atoms with van der Waals surface area (Å²) in [5.74, 6) is 0. The van der Waals surface area contributed by atoms with Crippen molar-refractivity contribution in [2.45, 2.75) is 25.5 Å². The standard InChI is InChI=1S/C13H16N2OS2/c16-11-3-5-15(6-4-11)8-10-9-18-13(14-10)12-2-1-7-17-12/h1-2,7,9,11,16H,3-6,8H2. The smallest absolute Gasteiger partial charge is 0.133 e. The first-order valence-electron chi connectivity index (χ1n) is 6.20. The molecule has 1 aliphatic rings. The molecule has 3 heterocycles. The third kappa shape index (κ3) is 2.80. The molecule has 0 atom stereocenters. The molecule has 1 fully saturated rings. The van der Waals surface area contributed by atoms with Gasteiger partial charge in [-0.3, -0.25) is 4.90 Å². The third-order valence-electron chi connectivity index (χ3n) is 3.23. The molecule has 1 aliphatic heterocycles. The summed E-state index contributed by atoms with van der Waals surface area (Å²) in [4.78, 5) is 8.32. The van der Waals surface area contributed by atoms with Gasteiger partial charge in [-0.2, -0.15) is 0 Å². The fraction of sp³-hybridized carbons (Fsp3) is 0.462. The Morgan fingerprint density at radius 3 is 2.89 bits per heavy atom. The first-order chi connectivity index (χ1) is 8.81. The summed E-state index contributed by atoms with van der Waals surface area (Å²) in [6, 6.07) is 4.18. The van der Waals surface area contributed by atoms with Crippen molar-refractivity contribution in [1.82, 2.24) is 9.88 Å². The second-order valence-electron chi connectivity index (χ2n) is 4.63. The Morgan fingerprint density at radius 1 is 1.33 bits per heavy atom. The monoisotopic (exact) mass is 280 g/mol. The van der Waals surface area contributed by atoms with Crippen molar-refractivity contribution in [2.24, 2.45) is 0 Å². The molecule has 0 spiro atoms. The van der Waals surface area contributed by atoms with Crippen LogP contribution in [0, 0.1) is 0 Å². The van der Waals surface area contributed by atoms with E-state index in [4.69, 9.17) is 4.98 Å². The molecule has 0 unspecified atom stereocenters. The Labute approximate surface area is 115 Å². The molecule has 0 saturated carbocycles. The van der Waals surface area contributed by atoms with E-state index in [0.717, 1.165) is 43.2 Å². The van der Waals surface area contributed by atoms with Gasteiger partial charge in [0.1, 0.15) is 5.01 Å². The first kappa shape index (κ1) is 12.3. The topological polar surface area (TPSA) is 36.4 Å². The fourth-order valence-electron chi connectivity index (χ4n) is 2.20. The van der Waals surface area contributed by atoms with Gasteiger partial charge in [-0.15, -0.1) is 22.7 Å². The molecular formula is C13H16N2OS2. The Balaban J connectivity index is 1.64. The van der Waals surface area contributed by atoms with Crippen molar-refractivity contribution in [3.8, 4) is 9.88 Å². The lowest BCUT2D eigenvalue weighted by molar-refractivity contribution is 0.0787. The van der Waals surface area contributed by atoms with Gasteiger partial charge in [-0.05, 0) is 24.3 Å². The highest BCUT2D eigenvalue weighted by molar-refractivity contribution is 7.20. The Hall–Kier alpha value is -0.750. The molecule has 2 aromatic rings. The highest BCUT2D eigenvalue weighted by Crippen LogP contribution is 2.28. The normalized spacial score (nSPS) is 18.3. The molecule has 0 bridgehead atoms. The minimum absolute atomic E-state index is 0.0987. The molecule has 0 aromatic carbocycles. The lowest BCUT2D eigenvalue weighted by Gasteiger charge is -2.28. The van der Waals surface area contributed by atoms with E-state index in [9.17, 15) is 5.11 Å². The molecule has 0 amide bonds. The zero-order valence-electron chi connectivity index (χ0n) is 10.1. The molecular weight excluding hydrogens is 264 g/mol. The molecule has 3 rings (SSSR count). The number of thiophene rings is 1. The van der Waals surface area contributed by atoms with Crippen LogP contribution in [0.5, 0.6) is 0 Å². The van der Waals surface area contributed by atoms with Crippen LogP contribution in [0.15, 0.2) is 22.9 Å². The summed E-state index contributed by atoms with van der Waals surface area (Å²) in [6.45, 7) is 2.87. The van der Waals surface area contributed by atoms with Crippen LogP contribution in [0.3, 0.4) is 0 Å². The van der Waals surface area contributed by atoms with Gasteiger partial charge in [0.05, 0.1) is 16.7 Å². The van der Waals surface area contributed by atoms with Crippen molar-refractivity contribution in [3.05, 3.63) is 28.6 Å². The van der Waals surface area contributed by atoms with Crippen molar-refractivity contribution in [3.63, 3.8) is 0 Å². The van der Waals surface area contributed by atoms with Crippen LogP contribution in [0.2, 0.25) is 0 Å². The molecule has 0 aliphatic carbocycles. The van der Waals surface area contributed by atoms with Gasteiger partial charge >= 0.3 is 0 Å². The number of likely N-dealkylation sites (tertiary alicyclic amines) is 1. The van der Waals surface area contributed by atoms with Crippen molar-refractivity contribution in [2.75, 3.05) is 13.1 Å². The zero-order valence-corrected chi connectivity index (χ0v) is 11.7. The largest absolute Gasteiger partial charge is 0.393 e. The van der Waals surface area contributed by atoms with Gasteiger partial charge in [0.25, 0.3) is 0 Å². The molecule has 3 nitrogen and oxygen atoms in total. The third-order valence-corrected chi connectivity index (χ3v) is 5.16. The van der Waals surface area contributed by atoms with E-state index >= 15 is 0 Å². The summed E-state index contributed by atoms with van der Waals surface area (Å²) in [5.41, 5.74) is 1.15. The van der Waals surface area contributed by atoms with E-state index in [1.165, 1.54) is 4.88 Å². The Bertz CT molecular complexity index is 487. The average Bonchev–Trinajstić information content (AvgIpc) is 3.02. The maximum Gasteiger partial charge on any atom is 0.133 e. The fourth-order valence-corrected chi connectivity index (χ4v) is 3.82. The molecule has 18 heavy (non-hydrogen) atoms. The van der Waals surface area contributed by atoms with E-state index in [1.807, 2.05) is 0 Å². The molecule has 1 saturated heterocycles. The number of piperidine rings is 1. The van der Waals surface area contributed by atoms with Crippen LogP contribution in [0.1, 0.15) is 18.5 Å². The van der Waals surface area contributed by atoms with Crippen LogP contribution >= 0.6 is 22.7 Å². The van der Waals surface area contributed by atoms with Crippen molar-refractivity contribution < 1.29 is 5.11 Å². The minimum Gasteiger partial charge on any atom is -0.393 e. The number of nitrogens with zero attached hydrogens (tertiary/aromatic N) is 2. The van der Waals surface area contributed by atoms with Crippen LogP contribution < -0.4 is 0 Å². The SMILES string of the molecule is OC1CCN(Cc2csc(-c3cccs3)n2)CC1. The van der Waals surface area contributed by atoms with Gasteiger partial charge < -0.3 is 5.11 Å². The summed E-state index contributed by atoms with van der Waals surface area (Å²) in [7, 11) is 0. The molecule has 2 aromatic heterocycles. The maximum absolute atomic E-state index is 9.48. The van der Waals surface area contributed by atoms with Gasteiger partial charge in [0, 0.05) is 25.0 Å². The van der Waals surface area contributed by atoms with E-state index < -0.39 is 0 Å². The predicted octanol–water partition coefficient (Wildman–Crippen LogP) is 2.83. The second kappa shape index (κ2) is 5.48. The number of aromatic nitrogens is 1. The molecule has 96 valence electrons. The number of hydrogen-bond donors (Lipinski definition) is 1. The number of rotatable bonds is 3. The van der Waals surface area contributed by atoms with Gasteiger partial charge in [-0.25, -0.2) is 4.98 Å². The zero-order chi connectivity index (χ0) is 12.4. The van der Waals surface area contributed by atoms with Crippen molar-refractivity contribution >= 4 is 22.7 Å². The summed E-state index contributed by atoms with van der Waals surface area (Å²) in [6.07, 6.45) is 1.68. The summed E-state index contributed by atoms with van der Waals surface area (Å²) >= 11 is 3.46. The lowest BCUT2D eigenvalue weighted by atomic mass is 10.1. The van der Waals surface area contributed by atoms with Crippen LogP contribution in [-0.2, 0) is 6.54 Å². The molecule has 1 N–H and O–H groups in total. The Morgan fingerprint density at radius 2 is 2.17 bits per heavy atom. The number of thiazole rings is 1. The van der Waals surface area contributed by atoms with Gasteiger partial charge in [0.2, 0.25) is 0 Å². The number of aliphatic hydroxyl groups excluding tert-OH is 1. The molecule has 5 heteroatoms. The van der Waals surface area contributed by atoms with E-state index in [1.54, 1.807) is 22.7 Å². The maximum atomic E-state index is 9.48.